The SMILES string of the molecule is CCCCCc1sc(=O)oc1C. The molecule has 12 heavy (non-hydrogen) atoms. The molecule has 0 spiro atoms. The smallest absolute Gasteiger partial charge is 0.395 e. The van der Waals surface area contributed by atoms with Crippen molar-refractivity contribution in [3.63, 3.8) is 0 Å². The van der Waals surface area contributed by atoms with Gasteiger partial charge in [0.25, 0.3) is 0 Å². The Morgan fingerprint density at radius 2 is 2.17 bits per heavy atom. The topological polar surface area (TPSA) is 30.2 Å². The third kappa shape index (κ3) is 2.48. The third-order valence-electron chi connectivity index (χ3n) is 1.84. The zero-order valence-corrected chi connectivity index (χ0v) is 8.37. The molecule has 2 nitrogen and oxygen atoms in total. The minimum atomic E-state index is -0.168. The molecule has 0 saturated heterocycles. The highest BCUT2D eigenvalue weighted by atomic mass is 32.1. The molecule has 0 saturated carbocycles. The lowest BCUT2D eigenvalue weighted by Crippen LogP contribution is -1.82. The molecule has 1 heterocycles. The zero-order valence-electron chi connectivity index (χ0n) is 7.55. The predicted octanol–water partition coefficient (Wildman–Crippen LogP) is 2.74. The van der Waals surface area contributed by atoms with E-state index < -0.39 is 0 Å². The van der Waals surface area contributed by atoms with Crippen LogP contribution in [0.4, 0.5) is 0 Å². The molecule has 68 valence electrons. The summed E-state index contributed by atoms with van der Waals surface area (Å²) < 4.78 is 4.91. The molecule has 0 aromatic carbocycles. The molecule has 0 radical (unpaired) electrons. The summed E-state index contributed by atoms with van der Waals surface area (Å²) in [6.07, 6.45) is 4.60. The highest BCUT2D eigenvalue weighted by Crippen LogP contribution is 2.14. The molecule has 0 bridgehead atoms. The van der Waals surface area contributed by atoms with E-state index in [-0.39, 0.29) is 4.94 Å². The van der Waals surface area contributed by atoms with Crippen molar-refractivity contribution in [3.8, 4) is 0 Å². The predicted molar refractivity (Wildman–Crippen MR) is 50.8 cm³/mol. The highest BCUT2D eigenvalue weighted by molar-refractivity contribution is 7.09. The minimum Gasteiger partial charge on any atom is -0.419 e. The molecule has 1 aromatic heterocycles. The van der Waals surface area contributed by atoms with Gasteiger partial charge in [0.1, 0.15) is 5.76 Å². The molecule has 0 aliphatic carbocycles. The van der Waals surface area contributed by atoms with Crippen LogP contribution in [0.15, 0.2) is 9.21 Å². The Hall–Kier alpha value is -0.570. The van der Waals surface area contributed by atoms with Crippen LogP contribution >= 0.6 is 11.3 Å². The van der Waals surface area contributed by atoms with Crippen molar-refractivity contribution in [1.29, 1.82) is 0 Å². The maximum Gasteiger partial charge on any atom is 0.395 e. The van der Waals surface area contributed by atoms with Crippen LogP contribution in [0.3, 0.4) is 0 Å². The van der Waals surface area contributed by atoms with E-state index in [0.29, 0.717) is 0 Å². The molecule has 0 fully saturated rings. The first-order valence-electron chi connectivity index (χ1n) is 4.33. The van der Waals surface area contributed by atoms with Crippen molar-refractivity contribution in [2.75, 3.05) is 0 Å². The summed E-state index contributed by atoms with van der Waals surface area (Å²) in [5, 5.41) is 0. The molecule has 1 aromatic rings. The fraction of sp³-hybridized carbons (Fsp3) is 0.667. The molecule has 0 aliphatic rings. The van der Waals surface area contributed by atoms with Gasteiger partial charge < -0.3 is 4.42 Å². The van der Waals surface area contributed by atoms with Crippen LogP contribution in [0.1, 0.15) is 36.8 Å². The largest absolute Gasteiger partial charge is 0.419 e. The zero-order chi connectivity index (χ0) is 8.97. The summed E-state index contributed by atoms with van der Waals surface area (Å²) in [5.74, 6) is 0.807. The Labute approximate surface area is 76.2 Å². The molecule has 0 N–H and O–H groups in total. The lowest BCUT2D eigenvalue weighted by molar-refractivity contribution is 0.500. The number of unbranched alkanes of at least 4 members (excludes halogenated alkanes) is 2. The molecule has 0 amide bonds. The van der Waals surface area contributed by atoms with Crippen LogP contribution in [0.5, 0.6) is 0 Å². The standard InChI is InChI=1S/C9H14O2S/c1-3-4-5-6-8-7(2)11-9(10)12-8/h3-6H2,1-2H3. The second-order valence-corrected chi connectivity index (χ2v) is 3.92. The van der Waals surface area contributed by atoms with Gasteiger partial charge in [-0.3, -0.25) is 0 Å². The van der Waals surface area contributed by atoms with Crippen LogP contribution in [0.25, 0.3) is 0 Å². The van der Waals surface area contributed by atoms with Crippen LogP contribution in [-0.4, -0.2) is 0 Å². The van der Waals surface area contributed by atoms with Crippen LogP contribution in [0.2, 0.25) is 0 Å². The van der Waals surface area contributed by atoms with E-state index in [9.17, 15) is 4.79 Å². The van der Waals surface area contributed by atoms with Crippen LogP contribution in [0, 0.1) is 6.92 Å². The van der Waals surface area contributed by atoms with Gasteiger partial charge in [-0.1, -0.05) is 31.1 Å². The van der Waals surface area contributed by atoms with Gasteiger partial charge >= 0.3 is 4.94 Å². The van der Waals surface area contributed by atoms with Crippen molar-refractivity contribution in [2.24, 2.45) is 0 Å². The van der Waals surface area contributed by atoms with Crippen LogP contribution in [-0.2, 0) is 6.42 Å². The van der Waals surface area contributed by atoms with E-state index in [1.807, 2.05) is 6.92 Å². The van der Waals surface area contributed by atoms with E-state index in [1.54, 1.807) is 0 Å². The first-order chi connectivity index (χ1) is 5.74. The Morgan fingerprint density at radius 3 is 2.67 bits per heavy atom. The molecule has 0 atom stereocenters. The summed E-state index contributed by atoms with van der Waals surface area (Å²) in [6.45, 7) is 4.03. The Bertz CT molecular complexity index is 285. The second-order valence-electron chi connectivity index (χ2n) is 2.89. The monoisotopic (exact) mass is 186 g/mol. The van der Waals surface area contributed by atoms with Gasteiger partial charge in [-0.25, -0.2) is 4.79 Å². The lowest BCUT2D eigenvalue weighted by atomic mass is 10.2. The summed E-state index contributed by atoms with van der Waals surface area (Å²) >= 11 is 1.24. The van der Waals surface area contributed by atoms with E-state index in [4.69, 9.17) is 4.42 Å². The molecular weight excluding hydrogens is 172 g/mol. The number of rotatable bonds is 4. The molecule has 0 unspecified atom stereocenters. The van der Waals surface area contributed by atoms with Crippen molar-refractivity contribution < 1.29 is 4.42 Å². The van der Waals surface area contributed by atoms with Gasteiger partial charge in [0, 0.05) is 4.88 Å². The summed E-state index contributed by atoms with van der Waals surface area (Å²) in [6, 6.07) is 0. The van der Waals surface area contributed by atoms with E-state index in [1.165, 1.54) is 24.2 Å². The van der Waals surface area contributed by atoms with E-state index >= 15 is 0 Å². The van der Waals surface area contributed by atoms with Crippen LogP contribution < -0.4 is 4.94 Å². The minimum absolute atomic E-state index is 0.168. The normalized spacial score (nSPS) is 10.5. The van der Waals surface area contributed by atoms with Gasteiger partial charge in [-0.05, 0) is 19.8 Å². The lowest BCUT2D eigenvalue weighted by Gasteiger charge is -1.94. The van der Waals surface area contributed by atoms with Gasteiger partial charge in [0.2, 0.25) is 0 Å². The van der Waals surface area contributed by atoms with E-state index in [0.717, 1.165) is 23.5 Å². The number of hydrogen-bond acceptors (Lipinski definition) is 3. The number of hydrogen-bond donors (Lipinski definition) is 0. The highest BCUT2D eigenvalue weighted by Gasteiger charge is 2.04. The maximum absolute atomic E-state index is 10.8. The fourth-order valence-corrected chi connectivity index (χ4v) is 1.94. The van der Waals surface area contributed by atoms with Gasteiger partial charge in [-0.2, -0.15) is 0 Å². The summed E-state index contributed by atoms with van der Waals surface area (Å²) in [5.41, 5.74) is 0. The second kappa shape index (κ2) is 4.45. The Kier molecular flexibility index (Phi) is 3.53. The Balaban J connectivity index is 2.51. The third-order valence-corrected chi connectivity index (χ3v) is 2.83. The van der Waals surface area contributed by atoms with E-state index in [2.05, 4.69) is 6.92 Å². The maximum atomic E-state index is 10.8. The van der Waals surface area contributed by atoms with Gasteiger partial charge in [0.05, 0.1) is 0 Å². The molecule has 1 rings (SSSR count). The average molecular weight is 186 g/mol. The van der Waals surface area contributed by atoms with Gasteiger partial charge in [-0.15, -0.1) is 0 Å². The first-order valence-corrected chi connectivity index (χ1v) is 5.15. The van der Waals surface area contributed by atoms with Crippen molar-refractivity contribution >= 4 is 11.3 Å². The summed E-state index contributed by atoms with van der Waals surface area (Å²) in [4.78, 5) is 11.7. The number of aryl methyl sites for hydroxylation is 2. The molecule has 0 aliphatic heterocycles. The Morgan fingerprint density at radius 1 is 1.42 bits per heavy atom. The van der Waals surface area contributed by atoms with Gasteiger partial charge in [0.15, 0.2) is 0 Å². The average Bonchev–Trinajstić information content (AvgIpc) is 2.31. The summed E-state index contributed by atoms with van der Waals surface area (Å²) in [7, 11) is 0. The fourth-order valence-electron chi connectivity index (χ4n) is 1.14. The van der Waals surface area contributed by atoms with Crippen molar-refractivity contribution in [1.82, 2.24) is 0 Å². The quantitative estimate of drug-likeness (QED) is 0.677. The first kappa shape index (κ1) is 9.52. The van der Waals surface area contributed by atoms with Crippen molar-refractivity contribution in [2.45, 2.75) is 39.5 Å². The molecule has 3 heteroatoms. The molecular formula is C9H14O2S. The van der Waals surface area contributed by atoms with Crippen molar-refractivity contribution in [3.05, 3.63) is 20.4 Å².